The summed E-state index contributed by atoms with van der Waals surface area (Å²) in [6.07, 6.45) is 9.62. The van der Waals surface area contributed by atoms with Crippen molar-refractivity contribution in [2.24, 2.45) is 0 Å². The van der Waals surface area contributed by atoms with Crippen LogP contribution in [0.2, 0.25) is 0 Å². The topological polar surface area (TPSA) is 75.7 Å². The maximum absolute atomic E-state index is 12.8. The Morgan fingerprint density at radius 2 is 1.86 bits per heavy atom. The SMILES string of the molecule is CCCCCCCN1CCC2(CC1)CC(=O)c1cc(NS(C)(=O)=O)ccc1O2. The quantitative estimate of drug-likeness (QED) is 0.662. The van der Waals surface area contributed by atoms with Gasteiger partial charge in [-0.1, -0.05) is 32.6 Å². The molecule has 1 aromatic carbocycles. The first-order valence-corrected chi connectivity index (χ1v) is 12.3. The zero-order chi connectivity index (χ0) is 20.2. The van der Waals surface area contributed by atoms with E-state index in [9.17, 15) is 13.2 Å². The van der Waals surface area contributed by atoms with Crippen molar-refractivity contribution >= 4 is 21.5 Å². The summed E-state index contributed by atoms with van der Waals surface area (Å²) in [5.41, 5.74) is 0.457. The number of ketones is 1. The Morgan fingerprint density at radius 1 is 1.14 bits per heavy atom. The zero-order valence-electron chi connectivity index (χ0n) is 17.0. The molecule has 1 saturated heterocycles. The van der Waals surface area contributed by atoms with Gasteiger partial charge in [-0.25, -0.2) is 8.42 Å². The van der Waals surface area contributed by atoms with E-state index < -0.39 is 15.6 Å². The molecule has 1 aromatic rings. The summed E-state index contributed by atoms with van der Waals surface area (Å²) >= 11 is 0. The monoisotopic (exact) mass is 408 g/mol. The number of ether oxygens (including phenoxy) is 1. The Kier molecular flexibility index (Phi) is 6.65. The number of piperidine rings is 1. The molecule has 3 rings (SSSR count). The van der Waals surface area contributed by atoms with Gasteiger partial charge in [0.1, 0.15) is 11.4 Å². The van der Waals surface area contributed by atoms with Gasteiger partial charge in [0.15, 0.2) is 5.78 Å². The second kappa shape index (κ2) is 8.82. The minimum atomic E-state index is -3.38. The molecule has 0 bridgehead atoms. The largest absolute Gasteiger partial charge is 0.486 e. The second-order valence-electron chi connectivity index (χ2n) is 8.23. The molecule has 1 fully saturated rings. The molecule has 28 heavy (non-hydrogen) atoms. The number of anilines is 1. The van der Waals surface area contributed by atoms with Gasteiger partial charge in [0.05, 0.1) is 18.2 Å². The van der Waals surface area contributed by atoms with Crippen LogP contribution in [-0.4, -0.2) is 50.6 Å². The number of sulfonamides is 1. The van der Waals surface area contributed by atoms with Gasteiger partial charge in [-0.3, -0.25) is 9.52 Å². The summed E-state index contributed by atoms with van der Waals surface area (Å²) in [6.45, 7) is 5.29. The highest BCUT2D eigenvalue weighted by molar-refractivity contribution is 7.92. The Labute approximate surface area is 168 Å². The molecule has 1 N–H and O–H groups in total. The molecule has 1 spiro atoms. The summed E-state index contributed by atoms with van der Waals surface area (Å²) in [6, 6.07) is 4.94. The highest BCUT2D eigenvalue weighted by Crippen LogP contribution is 2.40. The van der Waals surface area contributed by atoms with Crippen molar-refractivity contribution in [2.45, 2.75) is 63.9 Å². The van der Waals surface area contributed by atoms with Crippen LogP contribution in [0.3, 0.4) is 0 Å². The van der Waals surface area contributed by atoms with Gasteiger partial charge in [-0.15, -0.1) is 0 Å². The number of benzene rings is 1. The predicted octanol–water partition coefficient (Wildman–Crippen LogP) is 3.83. The van der Waals surface area contributed by atoms with E-state index in [2.05, 4.69) is 16.5 Å². The van der Waals surface area contributed by atoms with Crippen molar-refractivity contribution in [3.63, 3.8) is 0 Å². The number of carbonyl (C=O) groups excluding carboxylic acids is 1. The summed E-state index contributed by atoms with van der Waals surface area (Å²) in [5.74, 6) is 0.606. The Hall–Kier alpha value is -1.60. The molecule has 156 valence electrons. The van der Waals surface area contributed by atoms with E-state index >= 15 is 0 Å². The van der Waals surface area contributed by atoms with Crippen molar-refractivity contribution in [1.29, 1.82) is 0 Å². The minimum Gasteiger partial charge on any atom is -0.486 e. The standard InChI is InChI=1S/C21H32N2O4S/c1-3-4-5-6-7-12-23-13-10-21(11-14-23)16-19(24)18-15-17(22-28(2,25)26)8-9-20(18)27-21/h8-9,15,22H,3-7,10-14,16H2,1-2H3. The number of nitrogens with one attached hydrogen (secondary N) is 1. The van der Waals surface area contributed by atoms with E-state index in [1.807, 2.05) is 0 Å². The van der Waals surface area contributed by atoms with E-state index in [0.717, 1.165) is 38.7 Å². The number of Topliss-reactive ketones (excluding diaryl/α,β-unsaturated/α-hetero) is 1. The van der Waals surface area contributed by atoms with Crippen LogP contribution >= 0.6 is 0 Å². The fourth-order valence-electron chi connectivity index (χ4n) is 4.17. The molecule has 0 saturated carbocycles. The van der Waals surface area contributed by atoms with Crippen LogP contribution in [0, 0.1) is 0 Å². The molecule has 0 aromatic heterocycles. The highest BCUT2D eigenvalue weighted by Gasteiger charge is 2.42. The van der Waals surface area contributed by atoms with Crippen molar-refractivity contribution in [1.82, 2.24) is 4.90 Å². The van der Waals surface area contributed by atoms with Crippen LogP contribution in [0.15, 0.2) is 18.2 Å². The van der Waals surface area contributed by atoms with Crippen molar-refractivity contribution in [3.05, 3.63) is 23.8 Å². The molecule has 0 aliphatic carbocycles. The van der Waals surface area contributed by atoms with Gasteiger partial charge in [-0.05, 0) is 31.2 Å². The van der Waals surface area contributed by atoms with Crippen LogP contribution in [0.1, 0.15) is 68.6 Å². The third kappa shape index (κ3) is 5.47. The molecule has 2 aliphatic heterocycles. The maximum atomic E-state index is 12.8. The van der Waals surface area contributed by atoms with Crippen LogP contribution in [0.4, 0.5) is 5.69 Å². The highest BCUT2D eigenvalue weighted by atomic mass is 32.2. The molecule has 0 radical (unpaired) electrons. The van der Waals surface area contributed by atoms with E-state index in [0.29, 0.717) is 23.4 Å². The lowest BCUT2D eigenvalue weighted by Crippen LogP contribution is -2.51. The number of unbranched alkanes of at least 4 members (excludes halogenated alkanes) is 4. The number of hydrogen-bond acceptors (Lipinski definition) is 5. The van der Waals surface area contributed by atoms with Gasteiger partial charge in [0, 0.05) is 31.6 Å². The minimum absolute atomic E-state index is 0.0337. The van der Waals surface area contributed by atoms with Gasteiger partial charge in [0.25, 0.3) is 0 Å². The Bertz CT molecular complexity index is 799. The zero-order valence-corrected chi connectivity index (χ0v) is 17.8. The first-order valence-electron chi connectivity index (χ1n) is 10.4. The van der Waals surface area contributed by atoms with Crippen molar-refractivity contribution in [3.8, 4) is 5.75 Å². The first kappa shape index (κ1) is 21.1. The first-order chi connectivity index (χ1) is 13.3. The molecule has 0 atom stereocenters. The molecular weight excluding hydrogens is 376 g/mol. The van der Waals surface area contributed by atoms with E-state index in [1.165, 1.54) is 32.1 Å². The van der Waals surface area contributed by atoms with Gasteiger partial charge < -0.3 is 9.64 Å². The summed E-state index contributed by atoms with van der Waals surface area (Å²) in [4.78, 5) is 15.2. The smallest absolute Gasteiger partial charge is 0.229 e. The van der Waals surface area contributed by atoms with Crippen LogP contribution in [0.5, 0.6) is 5.75 Å². The number of nitrogens with zero attached hydrogens (tertiary/aromatic N) is 1. The van der Waals surface area contributed by atoms with Crippen LogP contribution < -0.4 is 9.46 Å². The lowest BCUT2D eigenvalue weighted by molar-refractivity contribution is -0.00918. The van der Waals surface area contributed by atoms with Gasteiger partial charge in [0.2, 0.25) is 10.0 Å². The average Bonchev–Trinajstić information content (AvgIpc) is 2.63. The molecule has 2 heterocycles. The lowest BCUT2D eigenvalue weighted by atomic mass is 9.82. The molecule has 0 unspecified atom stereocenters. The van der Waals surface area contributed by atoms with Gasteiger partial charge in [-0.2, -0.15) is 0 Å². The number of carbonyl (C=O) groups is 1. The molecular formula is C21H32N2O4S. The maximum Gasteiger partial charge on any atom is 0.229 e. The molecule has 6 nitrogen and oxygen atoms in total. The Balaban J connectivity index is 1.58. The lowest BCUT2D eigenvalue weighted by Gasteiger charge is -2.44. The fraction of sp³-hybridized carbons (Fsp3) is 0.667. The summed E-state index contributed by atoms with van der Waals surface area (Å²) in [5, 5.41) is 0. The predicted molar refractivity (Wildman–Crippen MR) is 112 cm³/mol. The average molecular weight is 409 g/mol. The normalized spacial score (nSPS) is 19.3. The molecule has 2 aliphatic rings. The van der Waals surface area contributed by atoms with E-state index in [4.69, 9.17) is 4.74 Å². The number of likely N-dealkylation sites (tertiary alicyclic amines) is 1. The number of fused-ring (bicyclic) bond motifs is 1. The van der Waals surface area contributed by atoms with E-state index in [1.54, 1.807) is 18.2 Å². The van der Waals surface area contributed by atoms with Crippen LogP contribution in [-0.2, 0) is 10.0 Å². The molecule has 0 amide bonds. The van der Waals surface area contributed by atoms with Crippen LogP contribution in [0.25, 0.3) is 0 Å². The second-order valence-corrected chi connectivity index (χ2v) is 9.97. The van der Waals surface area contributed by atoms with Crippen molar-refractivity contribution in [2.75, 3.05) is 30.6 Å². The summed E-state index contributed by atoms with van der Waals surface area (Å²) in [7, 11) is -3.38. The summed E-state index contributed by atoms with van der Waals surface area (Å²) < 4.78 is 31.6. The number of hydrogen-bond donors (Lipinski definition) is 1. The molecule has 7 heteroatoms. The third-order valence-corrected chi connectivity index (χ3v) is 6.34. The fourth-order valence-corrected chi connectivity index (χ4v) is 4.73. The third-order valence-electron chi connectivity index (χ3n) is 5.74. The Morgan fingerprint density at radius 3 is 2.54 bits per heavy atom. The van der Waals surface area contributed by atoms with E-state index in [-0.39, 0.29) is 5.78 Å². The van der Waals surface area contributed by atoms with Gasteiger partial charge >= 0.3 is 0 Å². The number of rotatable bonds is 8. The van der Waals surface area contributed by atoms with Crippen molar-refractivity contribution < 1.29 is 17.9 Å².